The predicted molar refractivity (Wildman–Crippen MR) is 142 cm³/mol. The fraction of sp³-hybridized carbons (Fsp3) is 0.533. The van der Waals surface area contributed by atoms with Crippen molar-refractivity contribution in [3.63, 3.8) is 0 Å². The molecule has 0 radical (unpaired) electrons. The van der Waals surface area contributed by atoms with Crippen LogP contribution in [0.15, 0.2) is 54.6 Å². The Bertz CT molecular complexity index is 946. The monoisotopic (exact) mass is 478 g/mol. The number of carbonyl (C=O) groups excluding carboxylic acids is 2. The molecule has 0 heterocycles. The molecule has 5 heteroatoms. The molecule has 1 atom stereocenters. The third kappa shape index (κ3) is 7.84. The lowest BCUT2D eigenvalue weighted by molar-refractivity contribution is -0.142. The van der Waals surface area contributed by atoms with E-state index in [1.54, 1.807) is 4.90 Å². The van der Waals surface area contributed by atoms with Crippen molar-refractivity contribution < 1.29 is 14.3 Å². The smallest absolute Gasteiger partial charge is 0.261 e. The third-order valence-corrected chi connectivity index (χ3v) is 6.87. The highest BCUT2D eigenvalue weighted by Gasteiger charge is 2.30. The molecule has 2 aromatic rings. The number of hydrogen-bond acceptors (Lipinski definition) is 3. The summed E-state index contributed by atoms with van der Waals surface area (Å²) in [7, 11) is 0. The molecule has 190 valence electrons. The number of ether oxygens (including phenoxy) is 1. The number of hydrogen-bond donors (Lipinski definition) is 1. The van der Waals surface area contributed by atoms with Crippen LogP contribution in [0, 0.1) is 0 Å². The summed E-state index contributed by atoms with van der Waals surface area (Å²) >= 11 is 0. The molecule has 0 unspecified atom stereocenters. The number of carbonyl (C=O) groups is 2. The Morgan fingerprint density at radius 1 is 1.00 bits per heavy atom. The fourth-order valence-corrected chi connectivity index (χ4v) is 4.87. The highest BCUT2D eigenvalue weighted by Crippen LogP contribution is 2.31. The first-order valence-electron chi connectivity index (χ1n) is 13.2. The van der Waals surface area contributed by atoms with Gasteiger partial charge in [-0.1, -0.05) is 95.5 Å². The molecule has 0 saturated heterocycles. The zero-order valence-corrected chi connectivity index (χ0v) is 21.9. The van der Waals surface area contributed by atoms with Crippen molar-refractivity contribution in [2.24, 2.45) is 0 Å². The molecule has 0 spiro atoms. The summed E-state index contributed by atoms with van der Waals surface area (Å²) in [5, 5.41) is 3.23. The second kappa shape index (κ2) is 12.8. The molecule has 5 nitrogen and oxygen atoms in total. The quantitative estimate of drug-likeness (QED) is 0.479. The number of rotatable bonds is 10. The van der Waals surface area contributed by atoms with E-state index in [0.29, 0.717) is 19.4 Å². The largest absolute Gasteiger partial charge is 0.483 e. The van der Waals surface area contributed by atoms with Gasteiger partial charge >= 0.3 is 0 Å². The van der Waals surface area contributed by atoms with Gasteiger partial charge in [0.05, 0.1) is 0 Å². The fourth-order valence-electron chi connectivity index (χ4n) is 4.87. The van der Waals surface area contributed by atoms with Gasteiger partial charge in [-0.25, -0.2) is 0 Å². The Morgan fingerprint density at radius 3 is 2.31 bits per heavy atom. The molecule has 1 aliphatic rings. The van der Waals surface area contributed by atoms with Gasteiger partial charge in [-0.3, -0.25) is 9.59 Å². The molecule has 0 bridgehead atoms. The first kappa shape index (κ1) is 26.8. The van der Waals surface area contributed by atoms with Gasteiger partial charge in [0.1, 0.15) is 11.8 Å². The molecule has 1 aliphatic carbocycles. The van der Waals surface area contributed by atoms with Gasteiger partial charge in [-0.15, -0.1) is 0 Å². The Morgan fingerprint density at radius 2 is 1.66 bits per heavy atom. The van der Waals surface area contributed by atoms with Gasteiger partial charge in [0, 0.05) is 12.6 Å². The van der Waals surface area contributed by atoms with Crippen LogP contribution in [-0.4, -0.2) is 41.9 Å². The van der Waals surface area contributed by atoms with Crippen molar-refractivity contribution in [1.82, 2.24) is 10.2 Å². The third-order valence-electron chi connectivity index (χ3n) is 6.87. The molecule has 2 amide bonds. The highest BCUT2D eigenvalue weighted by atomic mass is 16.5. The van der Waals surface area contributed by atoms with E-state index >= 15 is 0 Å². The molecule has 0 aromatic heterocycles. The second-order valence-electron chi connectivity index (χ2n) is 10.6. The lowest BCUT2D eigenvalue weighted by atomic mass is 9.86. The molecule has 1 N–H and O–H groups in total. The van der Waals surface area contributed by atoms with E-state index in [9.17, 15) is 9.59 Å². The van der Waals surface area contributed by atoms with Crippen LogP contribution in [0.1, 0.15) is 77.3 Å². The number of amides is 2. The second-order valence-corrected chi connectivity index (χ2v) is 10.6. The zero-order chi connectivity index (χ0) is 25.3. The van der Waals surface area contributed by atoms with Crippen LogP contribution in [0.4, 0.5) is 0 Å². The van der Waals surface area contributed by atoms with Crippen LogP contribution < -0.4 is 10.1 Å². The van der Waals surface area contributed by atoms with Crippen LogP contribution in [0.3, 0.4) is 0 Å². The molecule has 3 rings (SSSR count). The Balaban J connectivity index is 1.74. The molecule has 1 saturated carbocycles. The summed E-state index contributed by atoms with van der Waals surface area (Å²) in [5.41, 5.74) is 2.11. The van der Waals surface area contributed by atoms with Gasteiger partial charge in [0.2, 0.25) is 5.91 Å². The van der Waals surface area contributed by atoms with E-state index < -0.39 is 6.04 Å². The van der Waals surface area contributed by atoms with Crippen molar-refractivity contribution in [3.8, 4) is 5.75 Å². The summed E-state index contributed by atoms with van der Waals surface area (Å²) in [6.07, 6.45) is 6.84. The topological polar surface area (TPSA) is 58.6 Å². The molecular formula is C30H42N2O3. The van der Waals surface area contributed by atoms with Crippen molar-refractivity contribution in [2.45, 2.75) is 90.1 Å². The van der Waals surface area contributed by atoms with Gasteiger partial charge in [0.25, 0.3) is 5.91 Å². The summed E-state index contributed by atoms with van der Waals surface area (Å²) in [4.78, 5) is 28.6. The van der Waals surface area contributed by atoms with Crippen molar-refractivity contribution >= 4 is 11.8 Å². The lowest BCUT2D eigenvalue weighted by Gasteiger charge is -2.33. The Kier molecular flexibility index (Phi) is 9.76. The van der Waals surface area contributed by atoms with Gasteiger partial charge in [-0.2, -0.15) is 0 Å². The summed E-state index contributed by atoms with van der Waals surface area (Å²) < 4.78 is 6.06. The van der Waals surface area contributed by atoms with Crippen LogP contribution in [0.2, 0.25) is 0 Å². The van der Waals surface area contributed by atoms with Crippen LogP contribution >= 0.6 is 0 Å². The van der Waals surface area contributed by atoms with E-state index in [0.717, 1.165) is 42.6 Å². The van der Waals surface area contributed by atoms with E-state index in [1.165, 1.54) is 6.42 Å². The van der Waals surface area contributed by atoms with Crippen LogP contribution in [0.5, 0.6) is 5.75 Å². The SMILES string of the molecule is CC[C@H](C(=O)NC1CCCCC1)N(CCc1ccccc1)C(=O)COc1ccccc1C(C)(C)C. The molecule has 2 aromatic carbocycles. The maximum absolute atomic E-state index is 13.5. The van der Waals surface area contributed by atoms with Gasteiger partial charge in [0.15, 0.2) is 6.61 Å². The minimum atomic E-state index is -0.505. The number of nitrogens with one attached hydrogen (secondary N) is 1. The summed E-state index contributed by atoms with van der Waals surface area (Å²) in [6.45, 7) is 8.76. The maximum Gasteiger partial charge on any atom is 0.261 e. The molecule has 0 aliphatic heterocycles. The van der Waals surface area contributed by atoms with E-state index in [-0.39, 0.29) is 29.9 Å². The van der Waals surface area contributed by atoms with E-state index in [4.69, 9.17) is 4.74 Å². The lowest BCUT2D eigenvalue weighted by Crippen LogP contribution is -2.53. The van der Waals surface area contributed by atoms with Crippen LogP contribution in [-0.2, 0) is 21.4 Å². The average molecular weight is 479 g/mol. The van der Waals surface area contributed by atoms with E-state index in [2.05, 4.69) is 38.2 Å². The first-order valence-corrected chi connectivity index (χ1v) is 13.2. The molecule has 35 heavy (non-hydrogen) atoms. The van der Waals surface area contributed by atoms with Crippen molar-refractivity contribution in [2.75, 3.05) is 13.2 Å². The van der Waals surface area contributed by atoms with Crippen LogP contribution in [0.25, 0.3) is 0 Å². The zero-order valence-electron chi connectivity index (χ0n) is 21.9. The maximum atomic E-state index is 13.5. The first-order chi connectivity index (χ1) is 16.8. The Labute approximate surface area is 211 Å². The normalized spacial score (nSPS) is 15.3. The van der Waals surface area contributed by atoms with Crippen molar-refractivity contribution in [1.29, 1.82) is 0 Å². The predicted octanol–water partition coefficient (Wildman–Crippen LogP) is 5.66. The van der Waals surface area contributed by atoms with E-state index in [1.807, 2.05) is 49.4 Å². The number of para-hydroxylation sites is 1. The molecule has 1 fully saturated rings. The molecular weight excluding hydrogens is 436 g/mol. The Hall–Kier alpha value is -2.82. The van der Waals surface area contributed by atoms with Crippen molar-refractivity contribution in [3.05, 3.63) is 65.7 Å². The minimum absolute atomic E-state index is 0.0455. The standard InChI is InChI=1S/C30H42N2O3/c1-5-26(29(34)31-24-16-10-7-11-17-24)32(21-20-23-14-8-6-9-15-23)28(33)22-35-27-19-13-12-18-25(27)30(2,3)4/h6,8-9,12-15,18-19,24,26H,5,7,10-11,16-17,20-22H2,1-4H3,(H,31,34)/t26-/m1/s1. The summed E-state index contributed by atoms with van der Waals surface area (Å²) in [5.74, 6) is 0.516. The summed E-state index contributed by atoms with van der Waals surface area (Å²) in [6, 6.07) is 17.7. The number of benzene rings is 2. The average Bonchev–Trinajstić information content (AvgIpc) is 2.86. The minimum Gasteiger partial charge on any atom is -0.483 e. The highest BCUT2D eigenvalue weighted by molar-refractivity contribution is 5.88. The number of nitrogens with zero attached hydrogens (tertiary/aromatic N) is 1. The van der Waals surface area contributed by atoms with Gasteiger partial charge < -0.3 is 15.0 Å². The van der Waals surface area contributed by atoms with Gasteiger partial charge in [-0.05, 0) is 48.3 Å².